The molecule has 2 aromatic rings. The Kier molecular flexibility index (Phi) is 4.93. The normalized spacial score (nSPS) is 10.3. The Morgan fingerprint density at radius 1 is 1.10 bits per heavy atom. The van der Waals surface area contributed by atoms with Crippen LogP contribution < -0.4 is 10.1 Å². The van der Waals surface area contributed by atoms with Gasteiger partial charge < -0.3 is 10.1 Å². The summed E-state index contributed by atoms with van der Waals surface area (Å²) in [5.74, 6) is 2.48. The smallest absolute Gasteiger partial charge is 0.161 e. The van der Waals surface area contributed by atoms with Crippen molar-refractivity contribution in [1.29, 1.82) is 0 Å². The summed E-state index contributed by atoms with van der Waals surface area (Å²) >= 11 is 0. The Bertz CT molecular complexity index is 552. The highest BCUT2D eigenvalue weighted by atomic mass is 16.5. The third-order valence-electron chi connectivity index (χ3n) is 2.96. The van der Waals surface area contributed by atoms with E-state index in [0.29, 0.717) is 6.61 Å². The summed E-state index contributed by atoms with van der Waals surface area (Å²) in [6, 6.07) is 9.90. The zero-order valence-corrected chi connectivity index (χ0v) is 12.3. The quantitative estimate of drug-likeness (QED) is 0.873. The lowest BCUT2D eigenvalue weighted by molar-refractivity contribution is 0.340. The summed E-state index contributed by atoms with van der Waals surface area (Å²) in [5, 5.41) is 3.09. The summed E-state index contributed by atoms with van der Waals surface area (Å²) in [5.41, 5.74) is 2.07. The lowest BCUT2D eigenvalue weighted by Crippen LogP contribution is -2.01. The maximum atomic E-state index is 5.45. The molecule has 0 aliphatic rings. The van der Waals surface area contributed by atoms with Gasteiger partial charge in [0.05, 0.1) is 6.61 Å². The highest BCUT2D eigenvalue weighted by Crippen LogP contribution is 2.21. The van der Waals surface area contributed by atoms with Crippen molar-refractivity contribution < 1.29 is 4.74 Å². The van der Waals surface area contributed by atoms with Crippen molar-refractivity contribution in [3.8, 4) is 17.1 Å². The van der Waals surface area contributed by atoms with Crippen LogP contribution in [0.1, 0.15) is 26.0 Å². The molecule has 0 atom stereocenters. The number of hydrogen-bond acceptors (Lipinski definition) is 4. The van der Waals surface area contributed by atoms with Gasteiger partial charge in [-0.1, -0.05) is 13.3 Å². The van der Waals surface area contributed by atoms with E-state index in [-0.39, 0.29) is 0 Å². The van der Waals surface area contributed by atoms with Crippen LogP contribution in [0.4, 0.5) is 5.82 Å². The molecule has 4 nitrogen and oxygen atoms in total. The van der Waals surface area contributed by atoms with Crippen molar-refractivity contribution in [3.63, 3.8) is 0 Å². The standard InChI is InChI=1S/C16H21N3O/c1-4-6-13-11-15(17-3)19-16(18-13)12-7-9-14(10-8-12)20-5-2/h7-11H,4-6H2,1-3H3,(H,17,18,19). The van der Waals surface area contributed by atoms with E-state index in [0.717, 1.165) is 41.5 Å². The molecule has 1 aromatic heterocycles. The van der Waals surface area contributed by atoms with E-state index in [1.54, 1.807) is 0 Å². The van der Waals surface area contributed by atoms with Gasteiger partial charge >= 0.3 is 0 Å². The molecule has 1 heterocycles. The number of nitrogens with one attached hydrogen (secondary N) is 1. The molecule has 0 saturated heterocycles. The fourth-order valence-corrected chi connectivity index (χ4v) is 2.01. The maximum absolute atomic E-state index is 5.45. The molecule has 106 valence electrons. The highest BCUT2D eigenvalue weighted by Gasteiger charge is 2.06. The molecule has 0 radical (unpaired) electrons. The molecule has 0 bridgehead atoms. The van der Waals surface area contributed by atoms with Gasteiger partial charge in [-0.05, 0) is 37.6 Å². The lowest BCUT2D eigenvalue weighted by atomic mass is 10.2. The first-order chi connectivity index (χ1) is 9.76. The topological polar surface area (TPSA) is 47.0 Å². The molecule has 0 aliphatic heterocycles. The summed E-state index contributed by atoms with van der Waals surface area (Å²) in [6.45, 7) is 4.80. The molecule has 0 fully saturated rings. The molecular formula is C16H21N3O. The average Bonchev–Trinajstić information content (AvgIpc) is 2.48. The fraction of sp³-hybridized carbons (Fsp3) is 0.375. The van der Waals surface area contributed by atoms with Crippen molar-refractivity contribution >= 4 is 5.82 Å². The minimum absolute atomic E-state index is 0.672. The predicted molar refractivity (Wildman–Crippen MR) is 82.2 cm³/mol. The van der Waals surface area contributed by atoms with Crippen molar-refractivity contribution in [2.45, 2.75) is 26.7 Å². The molecule has 0 saturated carbocycles. The fourth-order valence-electron chi connectivity index (χ4n) is 2.01. The summed E-state index contributed by atoms with van der Waals surface area (Å²) in [7, 11) is 1.88. The summed E-state index contributed by atoms with van der Waals surface area (Å²) in [4.78, 5) is 9.14. The minimum atomic E-state index is 0.672. The van der Waals surface area contributed by atoms with Crippen LogP contribution in [0, 0.1) is 0 Å². The number of anilines is 1. The van der Waals surface area contributed by atoms with Crippen LogP contribution in [0.5, 0.6) is 5.75 Å². The molecule has 1 aromatic carbocycles. The van der Waals surface area contributed by atoms with E-state index in [1.165, 1.54) is 0 Å². The number of rotatable bonds is 6. The van der Waals surface area contributed by atoms with Gasteiger partial charge in [0.25, 0.3) is 0 Å². The van der Waals surface area contributed by atoms with Gasteiger partial charge in [0.1, 0.15) is 11.6 Å². The molecule has 0 amide bonds. The van der Waals surface area contributed by atoms with Crippen LogP contribution in [0.15, 0.2) is 30.3 Å². The third kappa shape index (κ3) is 3.47. The Labute approximate surface area is 120 Å². The Hall–Kier alpha value is -2.10. The first-order valence-electron chi connectivity index (χ1n) is 7.05. The van der Waals surface area contributed by atoms with Gasteiger partial charge in [-0.3, -0.25) is 0 Å². The molecular weight excluding hydrogens is 250 g/mol. The molecule has 1 N–H and O–H groups in total. The predicted octanol–water partition coefficient (Wildman–Crippen LogP) is 3.54. The average molecular weight is 271 g/mol. The van der Waals surface area contributed by atoms with Crippen LogP contribution in [0.25, 0.3) is 11.4 Å². The van der Waals surface area contributed by atoms with Gasteiger partial charge in [0.15, 0.2) is 5.82 Å². The van der Waals surface area contributed by atoms with E-state index in [9.17, 15) is 0 Å². The van der Waals surface area contributed by atoms with Crippen molar-refractivity contribution in [2.24, 2.45) is 0 Å². The van der Waals surface area contributed by atoms with Crippen molar-refractivity contribution in [1.82, 2.24) is 9.97 Å². The highest BCUT2D eigenvalue weighted by molar-refractivity contribution is 5.58. The van der Waals surface area contributed by atoms with Gasteiger partial charge in [0, 0.05) is 24.4 Å². The van der Waals surface area contributed by atoms with E-state index >= 15 is 0 Å². The lowest BCUT2D eigenvalue weighted by Gasteiger charge is -2.08. The van der Waals surface area contributed by atoms with E-state index in [4.69, 9.17) is 4.74 Å². The van der Waals surface area contributed by atoms with Crippen molar-refractivity contribution in [2.75, 3.05) is 19.0 Å². The SMILES string of the molecule is CCCc1cc(NC)nc(-c2ccc(OCC)cc2)n1. The van der Waals surface area contributed by atoms with E-state index < -0.39 is 0 Å². The Balaban J connectivity index is 2.32. The van der Waals surface area contributed by atoms with Gasteiger partial charge in [0.2, 0.25) is 0 Å². The summed E-state index contributed by atoms with van der Waals surface area (Å²) < 4.78 is 5.45. The largest absolute Gasteiger partial charge is 0.494 e. The second-order valence-corrected chi connectivity index (χ2v) is 4.53. The number of hydrogen-bond donors (Lipinski definition) is 1. The Morgan fingerprint density at radius 2 is 1.85 bits per heavy atom. The first kappa shape index (κ1) is 14.3. The van der Waals surface area contributed by atoms with Crippen LogP contribution in [0.2, 0.25) is 0 Å². The number of aryl methyl sites for hydroxylation is 1. The number of benzene rings is 1. The van der Waals surface area contributed by atoms with Crippen molar-refractivity contribution in [3.05, 3.63) is 36.0 Å². The van der Waals surface area contributed by atoms with E-state index in [1.807, 2.05) is 44.3 Å². The number of nitrogens with zero attached hydrogens (tertiary/aromatic N) is 2. The zero-order valence-electron chi connectivity index (χ0n) is 12.3. The van der Waals surface area contributed by atoms with Crippen LogP contribution in [-0.4, -0.2) is 23.6 Å². The molecule has 0 spiro atoms. The zero-order chi connectivity index (χ0) is 14.4. The molecule has 0 aliphatic carbocycles. The Morgan fingerprint density at radius 3 is 2.45 bits per heavy atom. The minimum Gasteiger partial charge on any atom is -0.494 e. The third-order valence-corrected chi connectivity index (χ3v) is 2.96. The van der Waals surface area contributed by atoms with Crippen LogP contribution in [0.3, 0.4) is 0 Å². The van der Waals surface area contributed by atoms with Crippen LogP contribution >= 0.6 is 0 Å². The van der Waals surface area contributed by atoms with Gasteiger partial charge in [-0.2, -0.15) is 0 Å². The monoisotopic (exact) mass is 271 g/mol. The molecule has 0 unspecified atom stereocenters. The van der Waals surface area contributed by atoms with E-state index in [2.05, 4.69) is 22.2 Å². The second-order valence-electron chi connectivity index (χ2n) is 4.53. The van der Waals surface area contributed by atoms with Gasteiger partial charge in [-0.15, -0.1) is 0 Å². The number of aromatic nitrogens is 2. The molecule has 2 rings (SSSR count). The summed E-state index contributed by atoms with van der Waals surface area (Å²) in [6.07, 6.45) is 2.03. The molecule has 4 heteroatoms. The van der Waals surface area contributed by atoms with Gasteiger partial charge in [-0.25, -0.2) is 9.97 Å². The maximum Gasteiger partial charge on any atom is 0.161 e. The number of ether oxygens (including phenoxy) is 1. The first-order valence-corrected chi connectivity index (χ1v) is 7.05. The van der Waals surface area contributed by atoms with Crippen LogP contribution in [-0.2, 0) is 6.42 Å². The molecule has 20 heavy (non-hydrogen) atoms. The second kappa shape index (κ2) is 6.89.